The fourth-order valence-electron chi connectivity index (χ4n) is 2.59. The first-order valence-electron chi connectivity index (χ1n) is 7.87. The first kappa shape index (κ1) is 17.5. The first-order valence-corrected chi connectivity index (χ1v) is 7.87. The van der Waals surface area contributed by atoms with Crippen molar-refractivity contribution in [2.45, 2.75) is 46.6 Å². The lowest BCUT2D eigenvalue weighted by Gasteiger charge is -2.24. The second-order valence-electron chi connectivity index (χ2n) is 6.88. The fourth-order valence-corrected chi connectivity index (χ4v) is 2.59. The zero-order chi connectivity index (χ0) is 16.0. The van der Waals surface area contributed by atoms with Crippen LogP contribution < -0.4 is 5.32 Å². The van der Waals surface area contributed by atoms with E-state index in [-0.39, 0.29) is 5.91 Å². The summed E-state index contributed by atoms with van der Waals surface area (Å²) in [4.78, 5) is 13.6. The summed E-state index contributed by atoms with van der Waals surface area (Å²) in [7, 11) is 3.56. The van der Waals surface area contributed by atoms with E-state index in [2.05, 4.69) is 33.0 Å². The maximum absolute atomic E-state index is 12.0. The Morgan fingerprint density at radius 2 is 1.67 bits per heavy atom. The molecule has 0 spiro atoms. The van der Waals surface area contributed by atoms with Crippen LogP contribution in [0.5, 0.6) is 0 Å². The van der Waals surface area contributed by atoms with Gasteiger partial charge in [0, 0.05) is 31.4 Å². The van der Waals surface area contributed by atoms with Gasteiger partial charge in [0.1, 0.15) is 0 Å². The van der Waals surface area contributed by atoms with E-state index >= 15 is 0 Å². The van der Waals surface area contributed by atoms with Gasteiger partial charge in [-0.3, -0.25) is 4.79 Å². The van der Waals surface area contributed by atoms with E-state index in [1.54, 1.807) is 19.0 Å². The van der Waals surface area contributed by atoms with Crippen LogP contribution in [-0.2, 0) is 0 Å². The van der Waals surface area contributed by atoms with Gasteiger partial charge in [-0.25, -0.2) is 0 Å². The van der Waals surface area contributed by atoms with Crippen LogP contribution in [0.25, 0.3) is 0 Å². The van der Waals surface area contributed by atoms with E-state index in [0.717, 1.165) is 24.1 Å². The monoisotopic (exact) mass is 290 g/mol. The number of benzene rings is 1. The van der Waals surface area contributed by atoms with Crippen LogP contribution in [0.2, 0.25) is 0 Å². The summed E-state index contributed by atoms with van der Waals surface area (Å²) < 4.78 is 0. The van der Waals surface area contributed by atoms with E-state index in [4.69, 9.17) is 0 Å². The van der Waals surface area contributed by atoms with E-state index in [1.807, 2.05) is 24.3 Å². The Kier molecular flexibility index (Phi) is 6.73. The van der Waals surface area contributed by atoms with Crippen molar-refractivity contribution in [3.05, 3.63) is 29.8 Å². The van der Waals surface area contributed by atoms with Gasteiger partial charge in [0.15, 0.2) is 0 Å². The van der Waals surface area contributed by atoms with Gasteiger partial charge in [0.2, 0.25) is 0 Å². The highest BCUT2D eigenvalue weighted by Crippen LogP contribution is 2.20. The molecule has 3 nitrogen and oxygen atoms in total. The second-order valence-corrected chi connectivity index (χ2v) is 6.88. The Morgan fingerprint density at radius 3 is 2.14 bits per heavy atom. The quantitative estimate of drug-likeness (QED) is 0.813. The molecule has 21 heavy (non-hydrogen) atoms. The molecule has 0 aliphatic rings. The summed E-state index contributed by atoms with van der Waals surface area (Å²) in [5.41, 5.74) is 1.77. The summed E-state index contributed by atoms with van der Waals surface area (Å²) in [6.07, 6.45) is 2.29. The lowest BCUT2D eigenvalue weighted by molar-refractivity contribution is 0.0827. The van der Waals surface area contributed by atoms with E-state index < -0.39 is 0 Å². The average molecular weight is 290 g/mol. The molecular weight excluding hydrogens is 260 g/mol. The molecule has 0 bridgehead atoms. The summed E-state index contributed by atoms with van der Waals surface area (Å²) in [5, 5.41) is 3.61. The molecule has 0 atom stereocenters. The third-order valence-corrected chi connectivity index (χ3v) is 3.40. The van der Waals surface area contributed by atoms with Gasteiger partial charge in [-0.05, 0) is 42.9 Å². The Labute approximate surface area is 129 Å². The minimum Gasteiger partial charge on any atom is -0.382 e. The molecule has 1 aromatic carbocycles. The number of anilines is 1. The van der Waals surface area contributed by atoms with E-state index in [9.17, 15) is 4.79 Å². The van der Waals surface area contributed by atoms with Crippen molar-refractivity contribution < 1.29 is 4.79 Å². The lowest BCUT2D eigenvalue weighted by atomic mass is 9.95. The smallest absolute Gasteiger partial charge is 0.253 e. The maximum atomic E-state index is 12.0. The van der Waals surface area contributed by atoms with Gasteiger partial charge in [0.05, 0.1) is 0 Å². The van der Waals surface area contributed by atoms with Crippen molar-refractivity contribution in [1.29, 1.82) is 0 Å². The lowest BCUT2D eigenvalue weighted by Crippen LogP contribution is -2.24. The summed E-state index contributed by atoms with van der Waals surface area (Å²) in [6, 6.07) is 8.26. The predicted octanol–water partition coefficient (Wildman–Crippen LogP) is 4.26. The molecule has 1 amide bonds. The number of rotatable bonds is 7. The molecule has 1 N–H and O–H groups in total. The summed E-state index contributed by atoms with van der Waals surface area (Å²) >= 11 is 0. The maximum Gasteiger partial charge on any atom is 0.253 e. The number of carbonyl (C=O) groups is 1. The number of amides is 1. The molecule has 0 unspecified atom stereocenters. The minimum absolute atomic E-state index is 0.0444. The Hall–Kier alpha value is -1.51. The number of nitrogens with one attached hydrogen (secondary N) is 1. The molecule has 0 saturated heterocycles. The highest BCUT2D eigenvalue weighted by atomic mass is 16.2. The van der Waals surface area contributed by atoms with Crippen LogP contribution in [0.1, 0.15) is 50.9 Å². The third kappa shape index (κ3) is 6.19. The number of hydrogen-bond acceptors (Lipinski definition) is 2. The average Bonchev–Trinajstić information content (AvgIpc) is 2.36. The highest BCUT2D eigenvalue weighted by Gasteiger charge is 2.14. The van der Waals surface area contributed by atoms with E-state index in [1.165, 1.54) is 0 Å². The SMILES string of the molecule is CC(C)CC(CC(C)C)Nc1cccc(C(=O)N(C)C)c1. The van der Waals surface area contributed by atoms with Crippen molar-refractivity contribution in [2.24, 2.45) is 11.8 Å². The van der Waals surface area contributed by atoms with Crippen LogP contribution in [-0.4, -0.2) is 30.9 Å². The van der Waals surface area contributed by atoms with Crippen LogP contribution in [0.15, 0.2) is 24.3 Å². The van der Waals surface area contributed by atoms with E-state index in [0.29, 0.717) is 17.9 Å². The largest absolute Gasteiger partial charge is 0.382 e. The number of carbonyl (C=O) groups excluding carboxylic acids is 1. The second kappa shape index (κ2) is 8.06. The normalized spacial score (nSPS) is 11.3. The fraction of sp³-hybridized carbons (Fsp3) is 0.611. The summed E-state index contributed by atoms with van der Waals surface area (Å²) in [5.74, 6) is 1.36. The zero-order valence-electron chi connectivity index (χ0n) is 14.3. The molecule has 3 heteroatoms. The Balaban J connectivity index is 2.83. The van der Waals surface area contributed by atoms with Gasteiger partial charge in [0.25, 0.3) is 5.91 Å². The molecule has 0 heterocycles. The molecular formula is C18H30N2O. The van der Waals surface area contributed by atoms with Crippen LogP contribution in [0.3, 0.4) is 0 Å². The van der Waals surface area contributed by atoms with Gasteiger partial charge < -0.3 is 10.2 Å². The number of nitrogens with zero attached hydrogens (tertiary/aromatic N) is 1. The highest BCUT2D eigenvalue weighted by molar-refractivity contribution is 5.94. The van der Waals surface area contributed by atoms with Crippen molar-refractivity contribution in [3.63, 3.8) is 0 Å². The standard InChI is InChI=1S/C18H30N2O/c1-13(2)10-17(11-14(3)4)19-16-9-7-8-15(12-16)18(21)20(5)6/h7-9,12-14,17,19H,10-11H2,1-6H3. The molecule has 1 rings (SSSR count). The Bertz CT molecular complexity index is 442. The van der Waals surface area contributed by atoms with Gasteiger partial charge in [-0.1, -0.05) is 33.8 Å². The molecule has 0 aliphatic heterocycles. The summed E-state index contributed by atoms with van der Waals surface area (Å²) in [6.45, 7) is 9.00. The third-order valence-electron chi connectivity index (χ3n) is 3.40. The van der Waals surface area contributed by atoms with Crippen molar-refractivity contribution in [1.82, 2.24) is 4.90 Å². The zero-order valence-corrected chi connectivity index (χ0v) is 14.3. The van der Waals surface area contributed by atoms with Gasteiger partial charge >= 0.3 is 0 Å². The van der Waals surface area contributed by atoms with Crippen LogP contribution in [0.4, 0.5) is 5.69 Å². The van der Waals surface area contributed by atoms with Crippen LogP contribution >= 0.6 is 0 Å². The molecule has 0 saturated carbocycles. The molecule has 0 aliphatic carbocycles. The number of hydrogen-bond donors (Lipinski definition) is 1. The topological polar surface area (TPSA) is 32.3 Å². The van der Waals surface area contributed by atoms with Gasteiger partial charge in [-0.2, -0.15) is 0 Å². The predicted molar refractivity (Wildman–Crippen MR) is 90.8 cm³/mol. The van der Waals surface area contributed by atoms with Gasteiger partial charge in [-0.15, -0.1) is 0 Å². The minimum atomic E-state index is 0.0444. The molecule has 1 aromatic rings. The first-order chi connectivity index (χ1) is 9.79. The molecule has 118 valence electrons. The van der Waals surface area contributed by atoms with Crippen molar-refractivity contribution >= 4 is 11.6 Å². The van der Waals surface area contributed by atoms with Crippen molar-refractivity contribution in [3.8, 4) is 0 Å². The molecule has 0 radical (unpaired) electrons. The molecule has 0 aromatic heterocycles. The molecule has 0 fully saturated rings. The Morgan fingerprint density at radius 1 is 1.10 bits per heavy atom. The van der Waals surface area contributed by atoms with Crippen LogP contribution in [0, 0.1) is 11.8 Å². The van der Waals surface area contributed by atoms with Crippen molar-refractivity contribution in [2.75, 3.05) is 19.4 Å².